The highest BCUT2D eigenvalue weighted by atomic mass is 127. The van der Waals surface area contributed by atoms with Gasteiger partial charge in [0.05, 0.1) is 5.41 Å². The molecule has 8 heteroatoms. The van der Waals surface area contributed by atoms with E-state index < -0.39 is 5.41 Å². The smallest absolute Gasteiger partial charge is 0.227 e. The molecule has 1 unspecified atom stereocenters. The molecule has 1 aliphatic rings. The van der Waals surface area contributed by atoms with Crippen LogP contribution in [-0.2, 0) is 4.79 Å². The van der Waals surface area contributed by atoms with Gasteiger partial charge in [0, 0.05) is 57.3 Å². The molecule has 0 radical (unpaired) electrons. The molecule has 1 atom stereocenters. The van der Waals surface area contributed by atoms with E-state index >= 15 is 0 Å². The fraction of sp³-hybridized carbons (Fsp3) is 0.600. The zero-order valence-corrected chi connectivity index (χ0v) is 21.4. The number of nitrogens with zero attached hydrogens (tertiary/aromatic N) is 3. The molecule has 1 amide bonds. The van der Waals surface area contributed by atoms with Crippen molar-refractivity contribution in [1.82, 2.24) is 20.4 Å². The number of halogens is 2. The first kappa shape index (κ1) is 25.2. The highest BCUT2D eigenvalue weighted by Gasteiger charge is 2.28. The Bertz CT molecular complexity index is 657. The minimum atomic E-state index is -0.484. The number of rotatable bonds is 5. The Labute approximate surface area is 194 Å². The molecule has 0 aromatic heterocycles. The summed E-state index contributed by atoms with van der Waals surface area (Å²) in [6.45, 7) is 10.5. The number of hydrogen-bond acceptors (Lipinski definition) is 3. The number of guanidine groups is 1. The van der Waals surface area contributed by atoms with E-state index in [4.69, 9.17) is 0 Å². The highest BCUT2D eigenvalue weighted by molar-refractivity contribution is 14.0. The molecule has 1 aliphatic heterocycles. The largest absolute Gasteiger partial charge is 0.359 e. The minimum absolute atomic E-state index is 0. The Morgan fingerprint density at radius 3 is 2.29 bits per heavy atom. The van der Waals surface area contributed by atoms with Gasteiger partial charge in [0.15, 0.2) is 5.96 Å². The lowest BCUT2D eigenvalue weighted by molar-refractivity contribution is -0.128. The van der Waals surface area contributed by atoms with Gasteiger partial charge in [0.25, 0.3) is 0 Å². The van der Waals surface area contributed by atoms with E-state index in [0.29, 0.717) is 12.6 Å². The molecular formula is C20H33BrIN5O. The molecule has 2 N–H and O–H groups in total. The number of amides is 1. The van der Waals surface area contributed by atoms with Crippen molar-refractivity contribution < 1.29 is 4.79 Å². The van der Waals surface area contributed by atoms with Crippen LogP contribution < -0.4 is 10.6 Å². The molecule has 0 bridgehead atoms. The molecule has 0 aliphatic carbocycles. The summed E-state index contributed by atoms with van der Waals surface area (Å²) in [6, 6.07) is 8.96. The topological polar surface area (TPSA) is 60.0 Å². The van der Waals surface area contributed by atoms with Crippen molar-refractivity contribution in [3.63, 3.8) is 0 Å². The number of aliphatic imine (C=N–C) groups is 1. The van der Waals surface area contributed by atoms with Crippen LogP contribution in [0.3, 0.4) is 0 Å². The van der Waals surface area contributed by atoms with Crippen molar-refractivity contribution in [2.24, 2.45) is 10.4 Å². The maximum absolute atomic E-state index is 12.0. The molecule has 28 heavy (non-hydrogen) atoms. The lowest BCUT2D eigenvalue weighted by Gasteiger charge is -2.40. The Morgan fingerprint density at radius 2 is 1.79 bits per heavy atom. The van der Waals surface area contributed by atoms with Crippen molar-refractivity contribution in [3.05, 3.63) is 34.3 Å². The first-order valence-electron chi connectivity index (χ1n) is 9.46. The van der Waals surface area contributed by atoms with Crippen LogP contribution in [0.5, 0.6) is 0 Å². The maximum atomic E-state index is 12.0. The predicted octanol–water partition coefficient (Wildman–Crippen LogP) is 3.09. The second-order valence-electron chi connectivity index (χ2n) is 7.61. The fourth-order valence-electron chi connectivity index (χ4n) is 3.32. The van der Waals surface area contributed by atoms with Gasteiger partial charge in [-0.3, -0.25) is 14.7 Å². The molecule has 6 nitrogen and oxygen atoms in total. The number of nitrogens with one attached hydrogen (secondary N) is 2. The molecular weight excluding hydrogens is 533 g/mol. The first-order chi connectivity index (χ1) is 12.8. The molecule has 1 saturated heterocycles. The van der Waals surface area contributed by atoms with Crippen molar-refractivity contribution in [1.29, 1.82) is 0 Å². The minimum Gasteiger partial charge on any atom is -0.359 e. The third kappa shape index (κ3) is 6.59. The normalized spacial score (nSPS) is 16.9. The van der Waals surface area contributed by atoms with Crippen molar-refractivity contribution in [3.8, 4) is 0 Å². The van der Waals surface area contributed by atoms with E-state index in [9.17, 15) is 4.79 Å². The van der Waals surface area contributed by atoms with Crippen LogP contribution in [-0.4, -0.2) is 68.5 Å². The van der Waals surface area contributed by atoms with E-state index in [0.717, 1.165) is 36.6 Å². The van der Waals surface area contributed by atoms with Crippen molar-refractivity contribution >= 4 is 51.8 Å². The molecule has 2 rings (SSSR count). The summed E-state index contributed by atoms with van der Waals surface area (Å²) in [4.78, 5) is 21.2. The summed E-state index contributed by atoms with van der Waals surface area (Å²) in [5.41, 5.74) is 0.851. The maximum Gasteiger partial charge on any atom is 0.227 e. The molecule has 1 heterocycles. The summed E-state index contributed by atoms with van der Waals surface area (Å²) in [5, 5.41) is 6.09. The van der Waals surface area contributed by atoms with Gasteiger partial charge in [-0.05, 0) is 38.5 Å². The number of piperazine rings is 1. The third-order valence-corrected chi connectivity index (χ3v) is 5.78. The van der Waals surface area contributed by atoms with Crippen LogP contribution in [0.2, 0.25) is 0 Å². The summed E-state index contributed by atoms with van der Waals surface area (Å²) < 4.78 is 1.11. The summed E-state index contributed by atoms with van der Waals surface area (Å²) in [6.07, 6.45) is 0. The standard InChI is InChI=1S/C20H32BrN5O.HI/c1-15(16-6-8-17(21)9-7-16)25-10-12-26(13-11-25)19(23-5)24-14-20(2,3)18(27)22-4;/h6-9,15H,10-14H2,1-5H3,(H,22,27)(H,23,24);1H. The van der Waals surface area contributed by atoms with Crippen LogP contribution in [0.15, 0.2) is 33.7 Å². The van der Waals surface area contributed by atoms with E-state index in [1.165, 1.54) is 5.56 Å². The van der Waals surface area contributed by atoms with Gasteiger partial charge in [0.1, 0.15) is 0 Å². The average Bonchev–Trinajstić information content (AvgIpc) is 2.68. The van der Waals surface area contributed by atoms with E-state index in [2.05, 4.69) is 72.5 Å². The number of benzene rings is 1. The van der Waals surface area contributed by atoms with Crippen LogP contribution in [0.4, 0.5) is 0 Å². The van der Waals surface area contributed by atoms with Gasteiger partial charge < -0.3 is 15.5 Å². The Balaban J connectivity index is 0.00000392. The van der Waals surface area contributed by atoms with Gasteiger partial charge in [-0.1, -0.05) is 28.1 Å². The second kappa shape index (κ2) is 11.3. The zero-order chi connectivity index (χ0) is 20.0. The molecule has 158 valence electrons. The first-order valence-corrected chi connectivity index (χ1v) is 10.2. The average molecular weight is 566 g/mol. The van der Waals surface area contributed by atoms with Crippen LogP contribution in [0.25, 0.3) is 0 Å². The lowest BCUT2D eigenvalue weighted by Crippen LogP contribution is -2.54. The number of hydrogen-bond donors (Lipinski definition) is 2. The van der Waals surface area contributed by atoms with Gasteiger partial charge in [0.2, 0.25) is 5.91 Å². The summed E-state index contributed by atoms with van der Waals surface area (Å²) >= 11 is 3.50. The van der Waals surface area contributed by atoms with E-state index in [1.54, 1.807) is 14.1 Å². The van der Waals surface area contributed by atoms with Crippen LogP contribution in [0.1, 0.15) is 32.4 Å². The van der Waals surface area contributed by atoms with E-state index in [-0.39, 0.29) is 29.9 Å². The Kier molecular flexibility index (Phi) is 10.2. The van der Waals surface area contributed by atoms with E-state index in [1.807, 2.05) is 13.8 Å². The fourth-order valence-corrected chi connectivity index (χ4v) is 3.59. The van der Waals surface area contributed by atoms with Crippen molar-refractivity contribution in [2.45, 2.75) is 26.8 Å². The molecule has 1 aromatic rings. The molecule has 0 saturated carbocycles. The van der Waals surface area contributed by atoms with Gasteiger partial charge in [-0.25, -0.2) is 0 Å². The second-order valence-corrected chi connectivity index (χ2v) is 8.53. The monoisotopic (exact) mass is 565 g/mol. The summed E-state index contributed by atoms with van der Waals surface area (Å²) in [7, 11) is 3.47. The third-order valence-electron chi connectivity index (χ3n) is 5.26. The SMILES string of the molecule is CN=C(NCC(C)(C)C(=O)NC)N1CCN(C(C)c2ccc(Br)cc2)CC1.I. The van der Waals surface area contributed by atoms with Gasteiger partial charge >= 0.3 is 0 Å². The highest BCUT2D eigenvalue weighted by Crippen LogP contribution is 2.23. The van der Waals surface area contributed by atoms with Gasteiger partial charge in [-0.15, -0.1) is 24.0 Å². The predicted molar refractivity (Wildman–Crippen MR) is 130 cm³/mol. The Morgan fingerprint density at radius 1 is 1.21 bits per heavy atom. The molecule has 0 spiro atoms. The lowest BCUT2D eigenvalue weighted by atomic mass is 9.92. The zero-order valence-electron chi connectivity index (χ0n) is 17.5. The molecule has 1 aromatic carbocycles. The number of carbonyl (C=O) groups is 1. The summed E-state index contributed by atoms with van der Waals surface area (Å²) in [5.74, 6) is 0.890. The van der Waals surface area contributed by atoms with Crippen LogP contribution in [0, 0.1) is 5.41 Å². The van der Waals surface area contributed by atoms with Crippen LogP contribution >= 0.6 is 39.9 Å². The molecule has 1 fully saturated rings. The van der Waals surface area contributed by atoms with Gasteiger partial charge in [-0.2, -0.15) is 0 Å². The quantitative estimate of drug-likeness (QED) is 0.327. The Hall–Kier alpha value is -0.870. The number of carbonyl (C=O) groups excluding carboxylic acids is 1. The van der Waals surface area contributed by atoms with Crippen molar-refractivity contribution in [2.75, 3.05) is 46.8 Å².